The van der Waals surface area contributed by atoms with Crippen molar-refractivity contribution in [2.45, 2.75) is 69.1 Å². The van der Waals surface area contributed by atoms with Gasteiger partial charge in [0, 0.05) is 42.0 Å². The molecule has 1 aromatic rings. The van der Waals surface area contributed by atoms with E-state index in [1.54, 1.807) is 13.2 Å². The average Bonchev–Trinajstić information content (AvgIpc) is 3.49. The first-order valence-corrected chi connectivity index (χ1v) is 11.4. The quantitative estimate of drug-likeness (QED) is 0.764. The Kier molecular flexibility index (Phi) is 2.88. The molecule has 1 amide bonds. The van der Waals surface area contributed by atoms with E-state index in [4.69, 9.17) is 9.47 Å². The third-order valence-electron chi connectivity index (χ3n) is 9.67. The van der Waals surface area contributed by atoms with Crippen molar-refractivity contribution < 1.29 is 19.4 Å². The van der Waals surface area contributed by atoms with Crippen LogP contribution in [-0.2, 0) is 21.4 Å². The number of nitrogens with zero attached hydrogens (tertiary/aromatic N) is 1. The standard InChI is InChI=1S/C25H29NO4/c1-22(2)13-23-8-9-25(22,29-3)21-24(23)10-11-26(20(28)14-4-5-14)17(23)12-15-6-7-16(27)19(30-21)18(15)24/h6-9,14,17,21,27H,4-5,10-13H2,1-3H3/t17-,21-,23-,24+,25+/m1/s1. The summed E-state index contributed by atoms with van der Waals surface area (Å²) in [6.45, 7) is 5.32. The molecule has 5 aliphatic carbocycles. The number of ether oxygens (including phenoxy) is 2. The van der Waals surface area contributed by atoms with Crippen LogP contribution in [0.4, 0.5) is 0 Å². The maximum Gasteiger partial charge on any atom is 0.225 e. The van der Waals surface area contributed by atoms with E-state index in [1.807, 2.05) is 0 Å². The average molecular weight is 408 g/mol. The van der Waals surface area contributed by atoms with Crippen LogP contribution < -0.4 is 4.74 Å². The number of phenolic OH excluding ortho intramolecular Hbond substituents is 1. The number of phenols is 1. The molecule has 30 heavy (non-hydrogen) atoms. The molecule has 8 rings (SSSR count). The Balaban J connectivity index is 1.54. The molecule has 5 nitrogen and oxygen atoms in total. The first-order valence-electron chi connectivity index (χ1n) is 11.4. The highest BCUT2D eigenvalue weighted by Crippen LogP contribution is 2.76. The molecule has 0 radical (unpaired) electrons. The molecule has 7 aliphatic rings. The van der Waals surface area contributed by atoms with Crippen LogP contribution in [0, 0.1) is 16.7 Å². The summed E-state index contributed by atoms with van der Waals surface area (Å²) in [7, 11) is 1.79. The number of likely N-dealkylation sites (tertiary alicyclic amines) is 1. The number of hydrogen-bond acceptors (Lipinski definition) is 4. The van der Waals surface area contributed by atoms with Gasteiger partial charge in [-0.25, -0.2) is 0 Å². The third kappa shape index (κ3) is 1.56. The summed E-state index contributed by atoms with van der Waals surface area (Å²) in [5.74, 6) is 1.46. The number of aromatic hydroxyl groups is 1. The van der Waals surface area contributed by atoms with E-state index in [-0.39, 0.29) is 40.1 Å². The van der Waals surface area contributed by atoms with E-state index in [1.165, 1.54) is 11.1 Å². The highest BCUT2D eigenvalue weighted by atomic mass is 16.6. The van der Waals surface area contributed by atoms with Gasteiger partial charge in [0.2, 0.25) is 5.91 Å². The number of fused-ring (bicyclic) bond motifs is 1. The Morgan fingerprint density at radius 3 is 2.77 bits per heavy atom. The lowest BCUT2D eigenvalue weighted by molar-refractivity contribution is -0.241. The molecule has 2 saturated carbocycles. The molecule has 2 heterocycles. The van der Waals surface area contributed by atoms with E-state index in [0.29, 0.717) is 11.7 Å². The molecule has 3 fully saturated rings. The zero-order valence-corrected chi connectivity index (χ0v) is 17.9. The Bertz CT molecular complexity index is 1040. The van der Waals surface area contributed by atoms with Crippen LogP contribution in [0.25, 0.3) is 0 Å². The number of carbonyl (C=O) groups excluding carboxylic acids is 1. The van der Waals surface area contributed by atoms with Gasteiger partial charge < -0.3 is 19.5 Å². The minimum atomic E-state index is -0.554. The highest BCUT2D eigenvalue weighted by Gasteiger charge is 2.81. The van der Waals surface area contributed by atoms with Crippen LogP contribution in [-0.4, -0.2) is 47.3 Å². The molecule has 0 aromatic heterocycles. The van der Waals surface area contributed by atoms with Crippen molar-refractivity contribution in [1.82, 2.24) is 4.90 Å². The topological polar surface area (TPSA) is 59.0 Å². The number of methoxy groups -OCH3 is 1. The van der Waals surface area contributed by atoms with Crippen molar-refractivity contribution in [3.8, 4) is 11.5 Å². The largest absolute Gasteiger partial charge is 0.504 e. The van der Waals surface area contributed by atoms with E-state index in [9.17, 15) is 9.90 Å². The van der Waals surface area contributed by atoms with Crippen molar-refractivity contribution in [3.63, 3.8) is 0 Å². The van der Waals surface area contributed by atoms with Gasteiger partial charge in [0.25, 0.3) is 0 Å². The number of carbonyl (C=O) groups is 1. The van der Waals surface area contributed by atoms with Crippen molar-refractivity contribution in [2.75, 3.05) is 13.7 Å². The van der Waals surface area contributed by atoms with Gasteiger partial charge in [-0.1, -0.05) is 32.1 Å². The van der Waals surface area contributed by atoms with E-state index in [2.05, 4.69) is 37.0 Å². The van der Waals surface area contributed by atoms with Crippen molar-refractivity contribution in [3.05, 3.63) is 35.4 Å². The van der Waals surface area contributed by atoms with Crippen LogP contribution in [0.5, 0.6) is 11.5 Å². The fraction of sp³-hybridized carbons (Fsp3) is 0.640. The molecule has 5 atom stereocenters. The molecule has 5 heteroatoms. The Hall–Kier alpha value is -2.01. The number of hydrogen-bond donors (Lipinski definition) is 1. The lowest BCUT2D eigenvalue weighted by atomic mass is 9.34. The van der Waals surface area contributed by atoms with Gasteiger partial charge in [-0.3, -0.25) is 4.79 Å². The number of piperidine rings is 1. The fourth-order valence-electron chi connectivity index (χ4n) is 8.37. The predicted octanol–water partition coefficient (Wildman–Crippen LogP) is 3.33. The summed E-state index contributed by atoms with van der Waals surface area (Å²) in [5, 5.41) is 10.8. The van der Waals surface area contributed by atoms with Gasteiger partial charge in [-0.2, -0.15) is 0 Å². The van der Waals surface area contributed by atoms with Gasteiger partial charge in [0.15, 0.2) is 11.5 Å². The number of rotatable bonds is 2. The van der Waals surface area contributed by atoms with Crippen LogP contribution in [0.3, 0.4) is 0 Å². The van der Waals surface area contributed by atoms with Crippen LogP contribution in [0.2, 0.25) is 0 Å². The van der Waals surface area contributed by atoms with Gasteiger partial charge in [-0.15, -0.1) is 0 Å². The van der Waals surface area contributed by atoms with Crippen molar-refractivity contribution in [2.24, 2.45) is 16.7 Å². The monoisotopic (exact) mass is 407 g/mol. The first kappa shape index (κ1) is 17.6. The zero-order chi connectivity index (χ0) is 20.7. The molecule has 1 saturated heterocycles. The van der Waals surface area contributed by atoms with Gasteiger partial charge in [-0.05, 0) is 43.7 Å². The summed E-state index contributed by atoms with van der Waals surface area (Å²) >= 11 is 0. The highest BCUT2D eigenvalue weighted by molar-refractivity contribution is 5.82. The van der Waals surface area contributed by atoms with Crippen LogP contribution in [0.15, 0.2) is 24.3 Å². The summed E-state index contributed by atoms with van der Waals surface area (Å²) in [5.41, 5.74) is 1.30. The number of amides is 1. The van der Waals surface area contributed by atoms with Gasteiger partial charge in [0.1, 0.15) is 11.7 Å². The Labute approximate surface area is 177 Å². The molecule has 1 N–H and O–H groups in total. The van der Waals surface area contributed by atoms with Crippen molar-refractivity contribution >= 4 is 5.91 Å². The minimum absolute atomic E-state index is 0.138. The SMILES string of the molecule is CO[C@]12C=C[C@@]3(CC1(C)C)[C@H]1Cc4ccc(O)c5c4[C@@]3(CCN1C(=O)C1CC1)[C@H]2O5. The molecular weight excluding hydrogens is 378 g/mol. The maximum absolute atomic E-state index is 13.4. The predicted molar refractivity (Wildman–Crippen MR) is 110 cm³/mol. The van der Waals surface area contributed by atoms with E-state index < -0.39 is 5.60 Å². The maximum atomic E-state index is 13.4. The van der Waals surface area contributed by atoms with Crippen molar-refractivity contribution in [1.29, 1.82) is 0 Å². The smallest absolute Gasteiger partial charge is 0.225 e. The molecule has 2 spiro atoms. The van der Waals surface area contributed by atoms with E-state index in [0.717, 1.165) is 38.6 Å². The normalized spacial score (nSPS) is 43.4. The lowest BCUT2D eigenvalue weighted by Crippen LogP contribution is -2.81. The van der Waals surface area contributed by atoms with Crippen LogP contribution in [0.1, 0.15) is 50.7 Å². The second kappa shape index (κ2) is 4.90. The molecule has 1 aromatic carbocycles. The Morgan fingerprint density at radius 2 is 2.07 bits per heavy atom. The second-order valence-electron chi connectivity index (χ2n) is 11.1. The molecular formula is C25H29NO4. The summed E-state index contributed by atoms with van der Waals surface area (Å²) in [6.07, 6.45) is 9.17. The van der Waals surface area contributed by atoms with E-state index >= 15 is 0 Å². The second-order valence-corrected chi connectivity index (χ2v) is 11.1. The fourth-order valence-corrected chi connectivity index (χ4v) is 8.37. The summed E-state index contributed by atoms with van der Waals surface area (Å²) in [4.78, 5) is 15.6. The molecule has 2 aliphatic heterocycles. The summed E-state index contributed by atoms with van der Waals surface area (Å²) < 4.78 is 13.0. The van der Waals surface area contributed by atoms with Gasteiger partial charge in [0.05, 0.1) is 5.41 Å². The molecule has 158 valence electrons. The third-order valence-corrected chi connectivity index (χ3v) is 9.67. The Morgan fingerprint density at radius 1 is 1.27 bits per heavy atom. The minimum Gasteiger partial charge on any atom is -0.504 e. The van der Waals surface area contributed by atoms with Crippen LogP contribution >= 0.6 is 0 Å². The molecule has 0 unspecified atom stereocenters. The lowest BCUT2D eigenvalue weighted by Gasteiger charge is -2.73. The number of benzene rings is 1. The first-order chi connectivity index (χ1) is 14.3. The zero-order valence-electron chi connectivity index (χ0n) is 17.9. The molecule has 4 bridgehead atoms. The summed E-state index contributed by atoms with van der Waals surface area (Å²) in [6, 6.07) is 3.96. The van der Waals surface area contributed by atoms with Gasteiger partial charge >= 0.3 is 0 Å².